The standard InChI is InChI=1S/C9H19NO3S2/c11-5-1-6-14-7-2-10-3-8-15(12,13)9-4-10/h11H,1-9H2. The first-order valence-electron chi connectivity index (χ1n) is 5.25. The van der Waals surface area contributed by atoms with E-state index in [0.29, 0.717) is 24.6 Å². The molecule has 90 valence electrons. The lowest BCUT2D eigenvalue weighted by molar-refractivity contribution is 0.296. The first-order valence-corrected chi connectivity index (χ1v) is 8.23. The molecule has 0 unspecified atom stereocenters. The van der Waals surface area contributed by atoms with E-state index in [-0.39, 0.29) is 6.61 Å². The zero-order valence-electron chi connectivity index (χ0n) is 8.89. The number of rotatable bonds is 6. The molecule has 1 saturated heterocycles. The summed E-state index contributed by atoms with van der Waals surface area (Å²) in [4.78, 5) is 2.20. The van der Waals surface area contributed by atoms with Gasteiger partial charge >= 0.3 is 0 Å². The van der Waals surface area contributed by atoms with E-state index in [9.17, 15) is 8.42 Å². The fourth-order valence-corrected chi connectivity index (χ4v) is 3.64. The fourth-order valence-electron chi connectivity index (χ4n) is 1.44. The maximum atomic E-state index is 11.2. The minimum Gasteiger partial charge on any atom is -0.396 e. The van der Waals surface area contributed by atoms with Gasteiger partial charge in [0.2, 0.25) is 0 Å². The molecule has 0 saturated carbocycles. The molecule has 0 radical (unpaired) electrons. The van der Waals surface area contributed by atoms with E-state index < -0.39 is 9.84 Å². The van der Waals surface area contributed by atoms with Crippen molar-refractivity contribution in [3.8, 4) is 0 Å². The van der Waals surface area contributed by atoms with Gasteiger partial charge in [-0.2, -0.15) is 11.8 Å². The van der Waals surface area contributed by atoms with Crippen molar-refractivity contribution in [2.75, 3.05) is 49.3 Å². The number of aliphatic hydroxyl groups is 1. The Bertz CT molecular complexity index is 253. The SMILES string of the molecule is O=S1(=O)CCN(CCSCCCO)CC1. The Balaban J connectivity index is 2.04. The van der Waals surface area contributed by atoms with Crippen LogP contribution in [0.2, 0.25) is 0 Å². The Morgan fingerprint density at radius 2 is 1.87 bits per heavy atom. The molecule has 6 heteroatoms. The van der Waals surface area contributed by atoms with E-state index >= 15 is 0 Å². The molecule has 4 nitrogen and oxygen atoms in total. The highest BCUT2D eigenvalue weighted by Crippen LogP contribution is 2.07. The molecule has 15 heavy (non-hydrogen) atoms. The van der Waals surface area contributed by atoms with E-state index in [0.717, 1.165) is 24.5 Å². The molecule has 1 rings (SSSR count). The number of thioether (sulfide) groups is 1. The Hall–Kier alpha value is 0.220. The van der Waals surface area contributed by atoms with Gasteiger partial charge in [-0.05, 0) is 12.2 Å². The summed E-state index contributed by atoms with van der Waals surface area (Å²) in [7, 11) is -2.74. The van der Waals surface area contributed by atoms with Crippen LogP contribution in [0.3, 0.4) is 0 Å². The van der Waals surface area contributed by atoms with Gasteiger partial charge in [0.05, 0.1) is 11.5 Å². The highest BCUT2D eigenvalue weighted by atomic mass is 32.2. The van der Waals surface area contributed by atoms with E-state index in [4.69, 9.17) is 5.11 Å². The molecular formula is C9H19NO3S2. The second-order valence-corrected chi connectivity index (χ2v) is 7.21. The molecule has 1 N–H and O–H groups in total. The van der Waals surface area contributed by atoms with E-state index in [1.165, 1.54) is 0 Å². The average molecular weight is 253 g/mol. The summed E-state index contributed by atoms with van der Waals surface area (Å²) in [6.45, 7) is 2.59. The lowest BCUT2D eigenvalue weighted by Crippen LogP contribution is -2.41. The molecule has 0 aromatic rings. The van der Waals surface area contributed by atoms with E-state index in [1.807, 2.05) is 11.8 Å². The van der Waals surface area contributed by atoms with Crippen LogP contribution in [0, 0.1) is 0 Å². The first kappa shape index (κ1) is 13.3. The van der Waals surface area contributed by atoms with Crippen molar-refractivity contribution >= 4 is 21.6 Å². The second-order valence-electron chi connectivity index (χ2n) is 3.68. The third-order valence-corrected chi connectivity index (χ3v) is 5.09. The molecular weight excluding hydrogens is 234 g/mol. The summed E-state index contributed by atoms with van der Waals surface area (Å²) >= 11 is 1.82. The van der Waals surface area contributed by atoms with Gasteiger partial charge < -0.3 is 10.0 Å². The molecule has 0 bridgehead atoms. The third kappa shape index (κ3) is 5.75. The summed E-state index contributed by atoms with van der Waals surface area (Å²) in [5.74, 6) is 2.64. The van der Waals surface area contributed by atoms with Gasteiger partial charge in [0.25, 0.3) is 0 Å². The summed E-state index contributed by atoms with van der Waals surface area (Å²) in [6, 6.07) is 0. The third-order valence-electron chi connectivity index (χ3n) is 2.44. The molecule has 0 aliphatic carbocycles. The monoisotopic (exact) mass is 253 g/mol. The molecule has 0 aromatic heterocycles. The predicted octanol–water partition coefficient (Wildman–Crippen LogP) is -0.168. The number of hydrogen-bond donors (Lipinski definition) is 1. The van der Waals surface area contributed by atoms with Gasteiger partial charge in [-0.25, -0.2) is 8.42 Å². The van der Waals surface area contributed by atoms with Gasteiger partial charge in [0.1, 0.15) is 0 Å². The van der Waals surface area contributed by atoms with Crippen LogP contribution in [0.25, 0.3) is 0 Å². The summed E-state index contributed by atoms with van der Waals surface area (Å²) < 4.78 is 22.3. The minimum atomic E-state index is -2.74. The van der Waals surface area contributed by atoms with Crippen molar-refractivity contribution in [1.82, 2.24) is 4.90 Å². The maximum Gasteiger partial charge on any atom is 0.152 e. The first-order chi connectivity index (χ1) is 7.14. The van der Waals surface area contributed by atoms with Gasteiger partial charge in [-0.3, -0.25) is 0 Å². The quantitative estimate of drug-likeness (QED) is 0.666. The number of hydrogen-bond acceptors (Lipinski definition) is 5. The Kier molecular flexibility index (Phi) is 5.96. The number of aliphatic hydroxyl groups excluding tert-OH is 1. The predicted molar refractivity (Wildman–Crippen MR) is 64.1 cm³/mol. The molecule has 1 fully saturated rings. The van der Waals surface area contributed by atoms with E-state index in [1.54, 1.807) is 0 Å². The van der Waals surface area contributed by atoms with Crippen molar-refractivity contribution in [2.45, 2.75) is 6.42 Å². The van der Waals surface area contributed by atoms with Crippen LogP contribution < -0.4 is 0 Å². The summed E-state index contributed by atoms with van der Waals surface area (Å²) in [6.07, 6.45) is 0.846. The molecule has 1 aliphatic rings. The molecule has 0 spiro atoms. The molecule has 0 aromatic carbocycles. The number of sulfone groups is 1. The zero-order valence-corrected chi connectivity index (χ0v) is 10.5. The van der Waals surface area contributed by atoms with Crippen LogP contribution in [0.4, 0.5) is 0 Å². The lowest BCUT2D eigenvalue weighted by atomic mass is 10.5. The Morgan fingerprint density at radius 3 is 2.47 bits per heavy atom. The fraction of sp³-hybridized carbons (Fsp3) is 1.00. The van der Waals surface area contributed by atoms with Crippen molar-refractivity contribution in [2.24, 2.45) is 0 Å². The van der Waals surface area contributed by atoms with Crippen molar-refractivity contribution < 1.29 is 13.5 Å². The highest BCUT2D eigenvalue weighted by molar-refractivity contribution is 7.99. The van der Waals surface area contributed by atoms with Crippen LogP contribution in [0.5, 0.6) is 0 Å². The van der Waals surface area contributed by atoms with Crippen LogP contribution in [0.15, 0.2) is 0 Å². The number of nitrogens with zero attached hydrogens (tertiary/aromatic N) is 1. The molecule has 1 heterocycles. The second kappa shape index (κ2) is 6.73. The Morgan fingerprint density at radius 1 is 1.20 bits per heavy atom. The Labute approximate surface area is 96.0 Å². The largest absolute Gasteiger partial charge is 0.396 e. The maximum absolute atomic E-state index is 11.2. The van der Waals surface area contributed by atoms with Crippen LogP contribution >= 0.6 is 11.8 Å². The van der Waals surface area contributed by atoms with Crippen molar-refractivity contribution in [1.29, 1.82) is 0 Å². The normalized spacial score (nSPS) is 21.7. The van der Waals surface area contributed by atoms with Crippen LogP contribution in [0.1, 0.15) is 6.42 Å². The van der Waals surface area contributed by atoms with Gasteiger partial charge in [-0.1, -0.05) is 0 Å². The summed E-state index contributed by atoms with van der Waals surface area (Å²) in [5, 5.41) is 8.58. The highest BCUT2D eigenvalue weighted by Gasteiger charge is 2.20. The topological polar surface area (TPSA) is 57.6 Å². The van der Waals surface area contributed by atoms with Crippen LogP contribution in [-0.2, 0) is 9.84 Å². The van der Waals surface area contributed by atoms with Gasteiger partial charge in [0.15, 0.2) is 9.84 Å². The zero-order chi connectivity index (χ0) is 11.1. The smallest absolute Gasteiger partial charge is 0.152 e. The van der Waals surface area contributed by atoms with E-state index in [2.05, 4.69) is 4.90 Å². The molecule has 0 amide bonds. The minimum absolute atomic E-state index is 0.259. The van der Waals surface area contributed by atoms with Crippen molar-refractivity contribution in [3.05, 3.63) is 0 Å². The van der Waals surface area contributed by atoms with Crippen LogP contribution in [-0.4, -0.2) is 67.7 Å². The van der Waals surface area contributed by atoms with Crippen molar-refractivity contribution in [3.63, 3.8) is 0 Å². The average Bonchev–Trinajstić information content (AvgIpc) is 2.20. The lowest BCUT2D eigenvalue weighted by Gasteiger charge is -2.26. The van der Waals surface area contributed by atoms with Gasteiger partial charge in [-0.15, -0.1) is 0 Å². The molecule has 1 aliphatic heterocycles. The summed E-state index contributed by atoms with van der Waals surface area (Å²) in [5.41, 5.74) is 0. The van der Waals surface area contributed by atoms with Gasteiger partial charge in [0, 0.05) is 32.0 Å². The molecule has 0 atom stereocenters.